The van der Waals surface area contributed by atoms with E-state index in [1.165, 1.54) is 143 Å². The molecule has 4 aliphatic rings. The molecule has 12 aromatic rings. The van der Waals surface area contributed by atoms with Crippen molar-refractivity contribution in [3.8, 4) is 0 Å². The van der Waals surface area contributed by atoms with E-state index in [9.17, 15) is 76.8 Å². The highest BCUT2D eigenvalue weighted by Gasteiger charge is 2.31. The van der Waals surface area contributed by atoms with Crippen LogP contribution in [0.1, 0.15) is 167 Å². The molecule has 8 aromatic carbocycles. The molecule has 0 unspecified atom stereocenters. The molecule has 4 saturated heterocycles. The molecular weight excluding hydrogens is 1870 g/mol. The standard InChI is InChI=1S/4C23H23ClN2O5S.C3H7NO/c4*1-15-12-21-18(13-19(15)24)20(27)14-22(31-21)23(28)25-16-6-8-17(9-7-16)32(29,30)26-10-4-2-3-5-11-26;1-4(2)3-5/h4*6-9,12-14H,2-5,10-11H2,1H3,(H,25,28);3H,1-2H3. The van der Waals surface area contributed by atoms with Gasteiger partial charge in [0.05, 0.1) is 41.1 Å². The van der Waals surface area contributed by atoms with Crippen LogP contribution >= 0.6 is 46.4 Å². The third-order valence-corrected chi connectivity index (χ3v) is 31.7. The summed E-state index contributed by atoms with van der Waals surface area (Å²) in [6.07, 6.45) is 15.9. The molecule has 16 rings (SSSR count). The van der Waals surface area contributed by atoms with Crippen LogP contribution in [0.15, 0.2) is 226 Å². The number of hydrogen-bond donors (Lipinski definition) is 4. The number of nitrogens with one attached hydrogen (secondary N) is 4. The summed E-state index contributed by atoms with van der Waals surface area (Å²) in [4.78, 5) is 112. The molecule has 0 spiro atoms. The Bertz CT molecular complexity index is 6260. The number of fused-ring (bicyclic) bond motifs is 4. The molecule has 5 amide bonds. The van der Waals surface area contributed by atoms with Crippen LogP contribution in [0.25, 0.3) is 43.9 Å². The fraction of sp³-hybridized carbons (Fsp3) is 0.316. The maximum atomic E-state index is 12.9. The smallest absolute Gasteiger partial charge is 0.291 e. The lowest BCUT2D eigenvalue weighted by Gasteiger charge is -2.20. The van der Waals surface area contributed by atoms with Crippen molar-refractivity contribution in [1.82, 2.24) is 22.1 Å². The largest absolute Gasteiger partial charge is 0.451 e. The fourth-order valence-electron chi connectivity index (χ4n) is 14.9. The van der Waals surface area contributed by atoms with Gasteiger partial charge >= 0.3 is 0 Å². The molecule has 4 aliphatic heterocycles. The zero-order valence-electron chi connectivity index (χ0n) is 73.7. The molecular formula is C95H99Cl4N9O21S4. The molecule has 702 valence electrons. The minimum Gasteiger partial charge on any atom is -0.451 e. The lowest BCUT2D eigenvalue weighted by molar-refractivity contribution is -0.115. The number of carbonyl (C=O) groups excluding carboxylic acids is 5. The Kier molecular flexibility index (Phi) is 33.9. The first-order valence-corrected chi connectivity index (χ1v) is 50.3. The van der Waals surface area contributed by atoms with Crippen molar-refractivity contribution in [3.63, 3.8) is 0 Å². The van der Waals surface area contributed by atoms with E-state index < -0.39 is 63.7 Å². The number of hydrogen-bond acceptors (Lipinski definition) is 21. The van der Waals surface area contributed by atoms with Gasteiger partial charge in [-0.25, -0.2) is 33.7 Å². The van der Waals surface area contributed by atoms with Crippen molar-refractivity contribution >= 4 is 183 Å². The molecule has 4 N–H and O–H groups in total. The van der Waals surface area contributed by atoms with Crippen molar-refractivity contribution < 1.29 is 75.3 Å². The number of rotatable bonds is 17. The molecule has 133 heavy (non-hydrogen) atoms. The van der Waals surface area contributed by atoms with Crippen molar-refractivity contribution in [3.05, 3.63) is 276 Å². The first kappa shape index (κ1) is 101. The summed E-state index contributed by atoms with van der Waals surface area (Å²) in [6, 6.07) is 40.9. The normalized spacial score (nSPS) is 15.1. The zero-order chi connectivity index (χ0) is 95.8. The minimum atomic E-state index is -3.57. The molecule has 0 aliphatic carbocycles. The van der Waals surface area contributed by atoms with Gasteiger partial charge in [-0.3, -0.25) is 43.2 Å². The Morgan fingerprint density at radius 1 is 0.293 bits per heavy atom. The Morgan fingerprint density at radius 2 is 0.459 bits per heavy atom. The van der Waals surface area contributed by atoms with Gasteiger partial charge in [-0.05, 0) is 247 Å². The summed E-state index contributed by atoms with van der Waals surface area (Å²) in [7, 11) is -10.9. The quantitative estimate of drug-likeness (QED) is 0.0615. The SMILES string of the molecule is CN(C)C=O.Cc1cc2oc(C(=O)Nc3ccc(S(=O)(=O)N4CCCCCC4)cc3)cc(=O)c2cc1Cl.Cc1cc2oc(C(=O)Nc3ccc(S(=O)(=O)N4CCCCCC4)cc3)cc(=O)c2cc1Cl.Cc1cc2oc(C(=O)Nc3ccc(S(=O)(=O)N4CCCCCC4)cc3)cc(=O)c2cc1Cl.Cc1cc2oc(C(=O)Nc3ccc(S(=O)(=O)N4CCCCCC4)cc3)cc(=O)c2cc1Cl. The number of nitrogens with zero attached hydrogens (tertiary/aromatic N) is 5. The highest BCUT2D eigenvalue weighted by atomic mass is 35.5. The number of halogens is 4. The van der Waals surface area contributed by atoms with E-state index in [1.54, 1.807) is 66.1 Å². The average molecular weight is 1970 g/mol. The van der Waals surface area contributed by atoms with Crippen LogP contribution in [0.2, 0.25) is 20.1 Å². The first-order chi connectivity index (χ1) is 63.3. The number of carbonyl (C=O) groups is 5. The molecule has 8 heterocycles. The lowest BCUT2D eigenvalue weighted by Crippen LogP contribution is -2.31. The number of sulfonamides is 4. The van der Waals surface area contributed by atoms with E-state index in [2.05, 4.69) is 21.3 Å². The molecule has 0 saturated carbocycles. The van der Waals surface area contributed by atoms with E-state index in [1.807, 2.05) is 0 Å². The highest BCUT2D eigenvalue weighted by molar-refractivity contribution is 7.90. The number of amides is 5. The van der Waals surface area contributed by atoms with E-state index >= 15 is 0 Å². The molecule has 0 bridgehead atoms. The molecule has 38 heteroatoms. The highest BCUT2D eigenvalue weighted by Crippen LogP contribution is 2.32. The summed E-state index contributed by atoms with van der Waals surface area (Å²) < 4.78 is 132. The van der Waals surface area contributed by atoms with Crippen LogP contribution in [0, 0.1) is 27.7 Å². The van der Waals surface area contributed by atoms with Crippen LogP contribution in [-0.4, -0.2) is 152 Å². The van der Waals surface area contributed by atoms with Crippen LogP contribution < -0.4 is 43.0 Å². The van der Waals surface area contributed by atoms with Crippen LogP contribution in [0.5, 0.6) is 0 Å². The molecule has 30 nitrogen and oxygen atoms in total. The Hall–Kier alpha value is -11.3. The maximum Gasteiger partial charge on any atom is 0.291 e. The number of anilines is 4. The zero-order valence-corrected chi connectivity index (χ0v) is 80.0. The summed E-state index contributed by atoms with van der Waals surface area (Å²) in [6.45, 7) is 11.3. The van der Waals surface area contributed by atoms with Gasteiger partial charge in [0, 0.05) is 134 Å². The van der Waals surface area contributed by atoms with E-state index in [0.29, 0.717) is 117 Å². The maximum absolute atomic E-state index is 12.9. The van der Waals surface area contributed by atoms with Gasteiger partial charge in [-0.2, -0.15) is 17.2 Å². The van der Waals surface area contributed by atoms with Crippen molar-refractivity contribution in [2.45, 2.75) is 150 Å². The van der Waals surface area contributed by atoms with Gasteiger partial charge < -0.3 is 43.8 Å². The van der Waals surface area contributed by atoms with E-state index in [0.717, 1.165) is 156 Å². The molecule has 0 atom stereocenters. The predicted molar refractivity (Wildman–Crippen MR) is 515 cm³/mol. The van der Waals surface area contributed by atoms with Gasteiger partial charge in [0.1, 0.15) is 22.3 Å². The lowest BCUT2D eigenvalue weighted by atomic mass is 10.1. The third kappa shape index (κ3) is 25.4. The summed E-state index contributed by atoms with van der Waals surface area (Å²) in [5.74, 6) is -3.04. The molecule has 4 fully saturated rings. The molecule has 0 radical (unpaired) electrons. The summed E-state index contributed by atoms with van der Waals surface area (Å²) in [5, 5.41) is 13.5. The summed E-state index contributed by atoms with van der Waals surface area (Å²) in [5.41, 5.74) is 4.01. The Balaban J connectivity index is 0.000000157. The second-order valence-corrected chi connectivity index (χ2v) is 41.9. The van der Waals surface area contributed by atoms with Crippen molar-refractivity contribution in [1.29, 1.82) is 0 Å². The van der Waals surface area contributed by atoms with E-state index in [4.69, 9.17) is 64.1 Å². The fourth-order valence-corrected chi connectivity index (χ4v) is 21.6. The monoisotopic (exact) mass is 1970 g/mol. The number of aryl methyl sites for hydroxylation is 4. The second-order valence-electron chi connectivity index (χ2n) is 32.5. The van der Waals surface area contributed by atoms with Gasteiger partial charge in [-0.1, -0.05) is 97.8 Å². The Labute approximate surface area is 788 Å². The van der Waals surface area contributed by atoms with Gasteiger partial charge in [0.2, 0.25) is 46.5 Å². The van der Waals surface area contributed by atoms with Crippen LogP contribution in [0.4, 0.5) is 22.7 Å². The van der Waals surface area contributed by atoms with Gasteiger partial charge in [0.25, 0.3) is 23.6 Å². The average Bonchev–Trinajstić information content (AvgIpc) is 1.27. The number of benzene rings is 8. The predicted octanol–water partition coefficient (Wildman–Crippen LogP) is 18.0. The second kappa shape index (κ2) is 44.7. The van der Waals surface area contributed by atoms with Crippen molar-refractivity contribution in [2.24, 2.45) is 0 Å². The topological polar surface area (TPSA) is 407 Å². The van der Waals surface area contributed by atoms with Crippen LogP contribution in [-0.2, 0) is 44.9 Å². The minimum absolute atomic E-state index is 0.148. The van der Waals surface area contributed by atoms with Gasteiger partial charge in [0.15, 0.2) is 44.8 Å². The summed E-state index contributed by atoms with van der Waals surface area (Å²) >= 11 is 24.3. The third-order valence-electron chi connectivity index (χ3n) is 22.4. The molecule has 4 aromatic heterocycles. The van der Waals surface area contributed by atoms with Gasteiger partial charge in [-0.15, -0.1) is 0 Å². The van der Waals surface area contributed by atoms with Crippen LogP contribution in [0.3, 0.4) is 0 Å². The first-order valence-electron chi connectivity index (χ1n) is 43.0. The van der Waals surface area contributed by atoms with E-state index in [-0.39, 0.29) is 86.7 Å². The van der Waals surface area contributed by atoms with Crippen molar-refractivity contribution in [2.75, 3.05) is 87.7 Å². The Morgan fingerprint density at radius 3 is 0.617 bits per heavy atom.